The fourth-order valence-electron chi connectivity index (χ4n) is 1.27. The summed E-state index contributed by atoms with van der Waals surface area (Å²) >= 11 is 1.29. The highest BCUT2D eigenvalue weighted by molar-refractivity contribution is 7.14. The Hall–Kier alpha value is -1.56. The summed E-state index contributed by atoms with van der Waals surface area (Å²) in [5, 5.41) is 11.4. The lowest BCUT2D eigenvalue weighted by Crippen LogP contribution is -2.45. The van der Waals surface area contributed by atoms with Crippen LogP contribution >= 0.6 is 11.3 Å². The second-order valence-corrected chi connectivity index (χ2v) is 5.74. The quantitative estimate of drug-likeness (QED) is 0.917. The molecule has 0 saturated carbocycles. The third-order valence-corrected chi connectivity index (χ3v) is 2.95. The first kappa shape index (κ1) is 14.5. The lowest BCUT2D eigenvalue weighted by atomic mass is 10.2. The van der Waals surface area contributed by atoms with E-state index in [1.54, 1.807) is 38.3 Å². The van der Waals surface area contributed by atoms with Crippen molar-refractivity contribution >= 4 is 28.4 Å². The lowest BCUT2D eigenvalue weighted by molar-refractivity contribution is -0.138. The molecule has 1 rings (SSSR count). The molecular weight excluding hydrogens is 254 g/mol. The number of thiophene rings is 1. The normalized spacial score (nSPS) is 12.9. The van der Waals surface area contributed by atoms with Crippen LogP contribution in [0, 0.1) is 0 Å². The zero-order valence-corrected chi connectivity index (χ0v) is 11.7. The molecule has 1 heterocycles. The number of hydrogen-bond acceptors (Lipinski definition) is 4. The molecule has 0 aliphatic heterocycles. The van der Waals surface area contributed by atoms with Gasteiger partial charge in [-0.15, -0.1) is 11.3 Å². The summed E-state index contributed by atoms with van der Waals surface area (Å²) in [6, 6.07) is 2.47. The topological polar surface area (TPSA) is 66.8 Å². The van der Waals surface area contributed by atoms with Crippen LogP contribution in [0.5, 0.6) is 0 Å². The van der Waals surface area contributed by atoms with Crippen molar-refractivity contribution < 1.29 is 19.4 Å². The Labute approximate surface area is 110 Å². The number of ether oxygens (including phenoxy) is 1. The monoisotopic (exact) mass is 271 g/mol. The molecule has 0 aliphatic rings. The van der Waals surface area contributed by atoms with E-state index in [2.05, 4.69) is 0 Å². The molecule has 0 fully saturated rings. The van der Waals surface area contributed by atoms with Gasteiger partial charge < -0.3 is 9.84 Å². The number of nitrogens with zero attached hydrogens (tertiary/aromatic N) is 1. The smallest absolute Gasteiger partial charge is 0.416 e. The van der Waals surface area contributed by atoms with E-state index in [-0.39, 0.29) is 0 Å². The minimum Gasteiger partial charge on any atom is -0.480 e. The lowest BCUT2D eigenvalue weighted by Gasteiger charge is -2.28. The van der Waals surface area contributed by atoms with Crippen LogP contribution in [0.3, 0.4) is 0 Å². The van der Waals surface area contributed by atoms with Crippen LogP contribution in [-0.2, 0) is 9.53 Å². The minimum absolute atomic E-state index is 0.555. The first-order valence-electron chi connectivity index (χ1n) is 5.51. The summed E-state index contributed by atoms with van der Waals surface area (Å²) in [5.41, 5.74) is -0.662. The number of carboxylic acid groups (broad SMARTS) is 1. The highest BCUT2D eigenvalue weighted by Crippen LogP contribution is 2.25. The summed E-state index contributed by atoms with van der Waals surface area (Å²) in [6.45, 7) is 6.67. The van der Waals surface area contributed by atoms with Crippen molar-refractivity contribution in [2.45, 2.75) is 39.3 Å². The zero-order valence-electron chi connectivity index (χ0n) is 10.8. The van der Waals surface area contributed by atoms with E-state index in [1.165, 1.54) is 18.3 Å². The van der Waals surface area contributed by atoms with E-state index in [1.807, 2.05) is 0 Å². The Morgan fingerprint density at radius 2 is 2.06 bits per heavy atom. The van der Waals surface area contributed by atoms with E-state index in [0.29, 0.717) is 5.00 Å². The average molecular weight is 271 g/mol. The molecule has 0 aliphatic carbocycles. The predicted molar refractivity (Wildman–Crippen MR) is 70.1 cm³/mol. The molecular formula is C12H17NO4S. The van der Waals surface area contributed by atoms with Crippen LogP contribution in [-0.4, -0.2) is 28.8 Å². The fraction of sp³-hybridized carbons (Fsp3) is 0.500. The number of aliphatic carboxylic acids is 1. The van der Waals surface area contributed by atoms with Crippen molar-refractivity contribution in [3.8, 4) is 0 Å². The molecule has 1 amide bonds. The second-order valence-electron chi connectivity index (χ2n) is 4.82. The number of carbonyl (C=O) groups excluding carboxylic acids is 1. The number of carboxylic acids is 1. The van der Waals surface area contributed by atoms with E-state index in [4.69, 9.17) is 9.84 Å². The average Bonchev–Trinajstić information content (AvgIpc) is 2.67. The fourth-order valence-corrected chi connectivity index (χ4v) is 2.07. The highest BCUT2D eigenvalue weighted by Gasteiger charge is 2.31. The number of amides is 1. The van der Waals surface area contributed by atoms with Crippen LogP contribution in [0.2, 0.25) is 0 Å². The second kappa shape index (κ2) is 5.39. The molecule has 1 aromatic rings. The standard InChI is InChI=1S/C12H17NO4S/c1-8(10(14)15)13(9-6-5-7-18-9)11(16)17-12(2,3)4/h5-8H,1-4H3,(H,14,15)/t8-/m0/s1. The molecule has 6 heteroatoms. The van der Waals surface area contributed by atoms with Crippen LogP contribution in [0.4, 0.5) is 9.80 Å². The van der Waals surface area contributed by atoms with Gasteiger partial charge in [0.15, 0.2) is 0 Å². The third-order valence-electron chi connectivity index (χ3n) is 2.08. The molecule has 5 nitrogen and oxygen atoms in total. The highest BCUT2D eigenvalue weighted by atomic mass is 32.1. The Morgan fingerprint density at radius 1 is 1.44 bits per heavy atom. The van der Waals surface area contributed by atoms with E-state index >= 15 is 0 Å². The first-order chi connectivity index (χ1) is 8.22. The third kappa shape index (κ3) is 3.73. The largest absolute Gasteiger partial charge is 0.480 e. The summed E-state index contributed by atoms with van der Waals surface area (Å²) in [4.78, 5) is 24.3. The maximum Gasteiger partial charge on any atom is 0.416 e. The van der Waals surface area contributed by atoms with E-state index in [9.17, 15) is 9.59 Å². The molecule has 100 valence electrons. The van der Waals surface area contributed by atoms with Crippen molar-refractivity contribution in [3.05, 3.63) is 17.5 Å². The zero-order chi connectivity index (χ0) is 13.9. The molecule has 0 bridgehead atoms. The Morgan fingerprint density at radius 3 is 2.44 bits per heavy atom. The number of rotatable bonds is 3. The summed E-state index contributed by atoms with van der Waals surface area (Å²) in [7, 11) is 0. The van der Waals surface area contributed by atoms with Crippen molar-refractivity contribution in [2.75, 3.05) is 4.90 Å². The van der Waals surface area contributed by atoms with Gasteiger partial charge >= 0.3 is 12.1 Å². The van der Waals surface area contributed by atoms with Gasteiger partial charge in [0.05, 0.1) is 0 Å². The summed E-state index contributed by atoms with van der Waals surface area (Å²) < 4.78 is 5.23. The van der Waals surface area contributed by atoms with Gasteiger partial charge in [0.25, 0.3) is 0 Å². The molecule has 0 saturated heterocycles. The Kier molecular flexibility index (Phi) is 4.34. The SMILES string of the molecule is C[C@@H](C(=O)O)N(C(=O)OC(C)(C)C)c1cccs1. The Balaban J connectivity index is 2.99. The van der Waals surface area contributed by atoms with Crippen molar-refractivity contribution in [1.82, 2.24) is 0 Å². The van der Waals surface area contributed by atoms with Crippen LogP contribution in [0.15, 0.2) is 17.5 Å². The van der Waals surface area contributed by atoms with Crippen molar-refractivity contribution in [1.29, 1.82) is 0 Å². The number of hydrogen-bond donors (Lipinski definition) is 1. The Bertz CT molecular complexity index is 422. The number of carbonyl (C=O) groups is 2. The predicted octanol–water partition coefficient (Wildman–Crippen LogP) is 2.96. The summed E-state index contributed by atoms with van der Waals surface area (Å²) in [6.07, 6.45) is -0.653. The molecule has 1 N–H and O–H groups in total. The van der Waals surface area contributed by atoms with Gasteiger partial charge in [-0.05, 0) is 45.2 Å². The van der Waals surface area contributed by atoms with Gasteiger partial charge in [-0.1, -0.05) is 0 Å². The van der Waals surface area contributed by atoms with Gasteiger partial charge in [-0.3, -0.25) is 4.90 Å². The van der Waals surface area contributed by atoms with Gasteiger partial charge in [0, 0.05) is 0 Å². The first-order valence-corrected chi connectivity index (χ1v) is 6.39. The van der Waals surface area contributed by atoms with Gasteiger partial charge in [-0.2, -0.15) is 0 Å². The van der Waals surface area contributed by atoms with Crippen LogP contribution in [0.25, 0.3) is 0 Å². The maximum absolute atomic E-state index is 12.1. The minimum atomic E-state index is -1.07. The van der Waals surface area contributed by atoms with Crippen molar-refractivity contribution in [3.63, 3.8) is 0 Å². The maximum atomic E-state index is 12.1. The molecule has 1 atom stereocenters. The van der Waals surface area contributed by atoms with Crippen molar-refractivity contribution in [2.24, 2.45) is 0 Å². The van der Waals surface area contributed by atoms with E-state index in [0.717, 1.165) is 4.90 Å². The van der Waals surface area contributed by atoms with Gasteiger partial charge in [0.1, 0.15) is 16.6 Å². The summed E-state index contributed by atoms with van der Waals surface area (Å²) in [5.74, 6) is -1.07. The van der Waals surface area contributed by atoms with Gasteiger partial charge in [-0.25, -0.2) is 9.59 Å². The molecule has 0 aromatic carbocycles. The molecule has 18 heavy (non-hydrogen) atoms. The molecule has 0 unspecified atom stereocenters. The molecule has 0 spiro atoms. The van der Waals surface area contributed by atoms with E-state index < -0.39 is 23.7 Å². The van der Waals surface area contributed by atoms with Gasteiger partial charge in [0.2, 0.25) is 0 Å². The molecule has 1 aromatic heterocycles. The molecule has 0 radical (unpaired) electrons. The number of anilines is 1. The van der Waals surface area contributed by atoms with Crippen LogP contribution in [0.1, 0.15) is 27.7 Å². The van der Waals surface area contributed by atoms with Crippen LogP contribution < -0.4 is 4.90 Å².